The van der Waals surface area contributed by atoms with E-state index in [1.165, 1.54) is 28.6 Å². The average Bonchev–Trinajstić information content (AvgIpc) is 3.05. The molecule has 0 aliphatic carbocycles. The van der Waals surface area contributed by atoms with Crippen LogP contribution >= 0.6 is 11.8 Å². The molecule has 1 N–H and O–H groups in total. The lowest BCUT2D eigenvalue weighted by Crippen LogP contribution is -2.45. The smallest absolute Gasteiger partial charge is 0.264 e. The van der Waals surface area contributed by atoms with Gasteiger partial charge in [0.05, 0.1) is 16.1 Å². The highest BCUT2D eigenvalue weighted by Gasteiger charge is 2.31. The number of thioether (sulfide) groups is 1. The molecule has 0 spiro atoms. The van der Waals surface area contributed by atoms with Gasteiger partial charge in [0.25, 0.3) is 5.91 Å². The van der Waals surface area contributed by atoms with Crippen LogP contribution in [-0.2, 0) is 4.79 Å². The van der Waals surface area contributed by atoms with Crippen LogP contribution in [0.1, 0.15) is 50.8 Å². The maximum Gasteiger partial charge on any atom is 0.264 e. The summed E-state index contributed by atoms with van der Waals surface area (Å²) >= 11 is 1.39. The summed E-state index contributed by atoms with van der Waals surface area (Å²) in [5.74, 6) is -0.101. The van der Waals surface area contributed by atoms with Crippen LogP contribution in [0, 0.1) is 6.92 Å². The van der Waals surface area contributed by atoms with Gasteiger partial charge in [-0.15, -0.1) is 0 Å². The monoisotopic (exact) mass is 431 g/mol. The number of carbonyl (C=O) groups excluding carboxylic acids is 1. The number of hydrogen-bond donors (Lipinski definition) is 1. The van der Waals surface area contributed by atoms with Gasteiger partial charge >= 0.3 is 0 Å². The number of nitrogens with one attached hydrogen (secondary N) is 1. The molecule has 2 aliphatic rings. The molecule has 4 nitrogen and oxygen atoms in total. The van der Waals surface area contributed by atoms with Crippen molar-refractivity contribution in [3.8, 4) is 0 Å². The van der Waals surface area contributed by atoms with E-state index in [0.29, 0.717) is 10.1 Å². The number of carbonyl (C=O) groups is 1. The quantitative estimate of drug-likeness (QED) is 0.578. The second kappa shape index (κ2) is 8.39. The van der Waals surface area contributed by atoms with Crippen LogP contribution in [0.25, 0.3) is 11.6 Å². The molecular weight excluding hydrogens is 402 g/mol. The molecule has 4 rings (SSSR count). The molecule has 1 amide bonds. The van der Waals surface area contributed by atoms with Gasteiger partial charge in [-0.05, 0) is 86.9 Å². The third-order valence-corrected chi connectivity index (χ3v) is 6.64. The number of nitrogens with zero attached hydrogens (tertiary/aromatic N) is 2. The number of aliphatic imine (C=N–C) groups is 1. The Balaban J connectivity index is 1.64. The molecule has 0 unspecified atom stereocenters. The number of anilines is 1. The van der Waals surface area contributed by atoms with E-state index >= 15 is 0 Å². The predicted octanol–water partition coefficient (Wildman–Crippen LogP) is 6.30. The van der Waals surface area contributed by atoms with Gasteiger partial charge < -0.3 is 10.2 Å². The third-order valence-electron chi connectivity index (χ3n) is 5.73. The summed E-state index contributed by atoms with van der Waals surface area (Å²) in [5, 5.41) is 3.51. The zero-order valence-electron chi connectivity index (χ0n) is 18.8. The molecule has 5 heteroatoms. The summed E-state index contributed by atoms with van der Waals surface area (Å²) < 4.78 is 0. The molecule has 160 valence electrons. The fourth-order valence-electron chi connectivity index (χ4n) is 4.25. The van der Waals surface area contributed by atoms with Gasteiger partial charge in [-0.1, -0.05) is 37.3 Å². The number of allylic oxidation sites excluding steroid dienone is 1. The van der Waals surface area contributed by atoms with Crippen molar-refractivity contribution < 1.29 is 4.79 Å². The van der Waals surface area contributed by atoms with Gasteiger partial charge in [-0.3, -0.25) is 4.79 Å². The number of hydrogen-bond acceptors (Lipinski definition) is 4. The van der Waals surface area contributed by atoms with Crippen LogP contribution in [0.15, 0.2) is 58.4 Å². The van der Waals surface area contributed by atoms with Crippen molar-refractivity contribution in [3.05, 3.63) is 70.1 Å². The second-order valence-electron chi connectivity index (χ2n) is 8.68. The van der Waals surface area contributed by atoms with Crippen molar-refractivity contribution in [2.24, 2.45) is 4.99 Å². The number of benzene rings is 2. The van der Waals surface area contributed by atoms with E-state index in [0.717, 1.165) is 29.8 Å². The molecule has 0 saturated carbocycles. The average molecular weight is 432 g/mol. The van der Waals surface area contributed by atoms with Crippen LogP contribution in [0.4, 0.5) is 11.4 Å². The zero-order chi connectivity index (χ0) is 22.2. The molecule has 2 aromatic rings. The van der Waals surface area contributed by atoms with Crippen molar-refractivity contribution in [1.82, 2.24) is 5.32 Å². The standard InChI is InChI=1S/C26H29N3OS/c1-6-13-29-22-12-11-19(14-20(22)18(3)16-26(29,4)5)15-23-24(30)28-25(31-23)27-21-10-8-7-9-17(21)2/h7-12,14-16H,6,13H2,1-5H3,(H,27,28,30)/b23-15+. The number of amidine groups is 1. The summed E-state index contributed by atoms with van der Waals surface area (Å²) in [4.78, 5) is 20.3. The highest BCUT2D eigenvalue weighted by Crippen LogP contribution is 2.40. The van der Waals surface area contributed by atoms with E-state index in [-0.39, 0.29) is 11.4 Å². The number of para-hydroxylation sites is 1. The van der Waals surface area contributed by atoms with Crippen LogP contribution in [0.2, 0.25) is 0 Å². The van der Waals surface area contributed by atoms with Gasteiger partial charge in [-0.2, -0.15) is 0 Å². The molecular formula is C26H29N3OS. The Labute approximate surface area is 189 Å². The Kier molecular flexibility index (Phi) is 5.80. The van der Waals surface area contributed by atoms with Crippen molar-refractivity contribution in [2.75, 3.05) is 11.4 Å². The van der Waals surface area contributed by atoms with Gasteiger partial charge in [0, 0.05) is 17.8 Å². The minimum atomic E-state index is -0.101. The first-order valence-corrected chi connectivity index (χ1v) is 11.6. The fraction of sp³-hybridized carbons (Fsp3) is 0.308. The number of amides is 1. The molecule has 0 radical (unpaired) electrons. The molecule has 1 saturated heterocycles. The van der Waals surface area contributed by atoms with Crippen LogP contribution in [0.3, 0.4) is 0 Å². The highest BCUT2D eigenvalue weighted by atomic mass is 32.2. The van der Waals surface area contributed by atoms with E-state index in [1.807, 2.05) is 37.3 Å². The third kappa shape index (κ3) is 4.33. The fourth-order valence-corrected chi connectivity index (χ4v) is 5.09. The largest absolute Gasteiger partial charge is 0.362 e. The molecule has 31 heavy (non-hydrogen) atoms. The van der Waals surface area contributed by atoms with Crippen LogP contribution in [-0.4, -0.2) is 23.2 Å². The maximum absolute atomic E-state index is 12.5. The Morgan fingerprint density at radius 3 is 2.68 bits per heavy atom. The Hall–Kier alpha value is -2.79. The molecule has 1 fully saturated rings. The summed E-state index contributed by atoms with van der Waals surface area (Å²) in [5.41, 5.74) is 6.75. The van der Waals surface area contributed by atoms with E-state index in [1.54, 1.807) is 0 Å². The van der Waals surface area contributed by atoms with Crippen molar-refractivity contribution in [2.45, 2.75) is 46.6 Å². The normalized spacial score (nSPS) is 20.1. The predicted molar refractivity (Wildman–Crippen MR) is 134 cm³/mol. The lowest BCUT2D eigenvalue weighted by Gasteiger charge is -2.43. The minimum absolute atomic E-state index is 0.00476. The van der Waals surface area contributed by atoms with Gasteiger partial charge in [0.1, 0.15) is 0 Å². The molecule has 0 aromatic heterocycles. The maximum atomic E-state index is 12.5. The van der Waals surface area contributed by atoms with E-state index < -0.39 is 0 Å². The van der Waals surface area contributed by atoms with Crippen molar-refractivity contribution in [3.63, 3.8) is 0 Å². The second-order valence-corrected chi connectivity index (χ2v) is 9.71. The van der Waals surface area contributed by atoms with Gasteiger partial charge in [0.15, 0.2) is 5.17 Å². The first-order chi connectivity index (χ1) is 14.8. The lowest BCUT2D eigenvalue weighted by atomic mass is 9.88. The summed E-state index contributed by atoms with van der Waals surface area (Å²) in [6.07, 6.45) is 5.39. The Morgan fingerprint density at radius 2 is 1.94 bits per heavy atom. The number of aryl methyl sites for hydroxylation is 1. The Bertz CT molecular complexity index is 1130. The topological polar surface area (TPSA) is 44.7 Å². The number of fused-ring (bicyclic) bond motifs is 1. The summed E-state index contributed by atoms with van der Waals surface area (Å²) in [6, 6.07) is 14.4. The first kappa shape index (κ1) is 21.4. The highest BCUT2D eigenvalue weighted by molar-refractivity contribution is 8.18. The molecule has 2 aromatic carbocycles. The molecule has 2 heterocycles. The van der Waals surface area contributed by atoms with Crippen LogP contribution < -0.4 is 10.2 Å². The SMILES string of the molecule is CCCN1c2ccc(/C=C3/SC(=Nc4ccccc4C)NC3=O)cc2C(C)=CC1(C)C. The van der Waals surface area contributed by atoms with Crippen molar-refractivity contribution >= 4 is 45.9 Å². The molecule has 2 aliphatic heterocycles. The van der Waals surface area contributed by atoms with Gasteiger partial charge in [-0.25, -0.2) is 4.99 Å². The first-order valence-electron chi connectivity index (χ1n) is 10.8. The number of rotatable bonds is 4. The Morgan fingerprint density at radius 1 is 1.16 bits per heavy atom. The van der Waals surface area contributed by atoms with Crippen molar-refractivity contribution in [1.29, 1.82) is 0 Å². The van der Waals surface area contributed by atoms with E-state index in [2.05, 4.69) is 67.2 Å². The molecule has 0 bridgehead atoms. The minimum Gasteiger partial charge on any atom is -0.362 e. The van der Waals surface area contributed by atoms with E-state index in [4.69, 9.17) is 0 Å². The molecule has 0 atom stereocenters. The van der Waals surface area contributed by atoms with Gasteiger partial charge in [0.2, 0.25) is 0 Å². The summed E-state index contributed by atoms with van der Waals surface area (Å²) in [6.45, 7) is 11.9. The summed E-state index contributed by atoms with van der Waals surface area (Å²) in [7, 11) is 0. The lowest BCUT2D eigenvalue weighted by molar-refractivity contribution is -0.115. The van der Waals surface area contributed by atoms with E-state index in [9.17, 15) is 4.79 Å². The zero-order valence-corrected chi connectivity index (χ0v) is 19.6. The van der Waals surface area contributed by atoms with Crippen LogP contribution in [0.5, 0.6) is 0 Å².